The van der Waals surface area contributed by atoms with Crippen LogP contribution in [0.5, 0.6) is 0 Å². The number of aromatic nitrogens is 2. The van der Waals surface area contributed by atoms with Gasteiger partial charge in [0.2, 0.25) is 0 Å². The van der Waals surface area contributed by atoms with Crippen molar-refractivity contribution in [2.24, 2.45) is 0 Å². The molecule has 1 aromatic rings. The summed E-state index contributed by atoms with van der Waals surface area (Å²) in [5.41, 5.74) is 0. The average Bonchev–Trinajstić information content (AvgIpc) is 2.17. The quantitative estimate of drug-likeness (QED) is 0.549. The van der Waals surface area contributed by atoms with E-state index in [9.17, 15) is 0 Å². The highest BCUT2D eigenvalue weighted by Crippen LogP contribution is 1.62. The molecule has 1 heterocycles. The fourth-order valence-electron chi connectivity index (χ4n) is 0.215. The molecule has 0 aliphatic rings. The Morgan fingerprint density at radius 2 is 2.25 bits per heavy atom. The highest BCUT2D eigenvalue weighted by atomic mass is 14.8. The maximum absolute atomic E-state index is 3.67. The van der Waals surface area contributed by atoms with E-state index in [4.69, 9.17) is 0 Å². The lowest BCUT2D eigenvalue weighted by Crippen LogP contribution is -1.44. The zero-order valence-corrected chi connectivity index (χ0v) is 5.39. The minimum absolute atomic E-state index is 0. The second-order valence-corrected chi connectivity index (χ2v) is 1.47. The highest BCUT2D eigenvalue weighted by Gasteiger charge is 1.56. The van der Waals surface area contributed by atoms with Crippen LogP contribution in [0.25, 0.3) is 0 Å². The van der Waals surface area contributed by atoms with E-state index in [-0.39, 0.29) is 1.43 Å². The van der Waals surface area contributed by atoms with Crippen LogP contribution in [0.3, 0.4) is 0 Å². The van der Waals surface area contributed by atoms with Crippen molar-refractivity contribution in [2.75, 3.05) is 0 Å². The van der Waals surface area contributed by atoms with Gasteiger partial charge in [0.15, 0.2) is 0 Å². The van der Waals surface area contributed by atoms with Crippen LogP contribution in [0.15, 0.2) is 18.7 Å². The Morgan fingerprint density at radius 3 is 2.38 bits per heavy atom. The Balaban J connectivity index is 0. The van der Waals surface area contributed by atoms with E-state index in [2.05, 4.69) is 23.8 Å². The lowest BCUT2D eigenvalue weighted by atomic mass is 10.6. The Bertz CT molecular complexity index is 78.0. The summed E-state index contributed by atoms with van der Waals surface area (Å²) in [4.78, 5) is 6.42. The van der Waals surface area contributed by atoms with Gasteiger partial charge in [-0.3, -0.25) is 0 Å². The molecule has 0 fully saturated rings. The summed E-state index contributed by atoms with van der Waals surface area (Å²) in [6, 6.07) is 0. The zero-order chi connectivity index (χ0) is 6.24. The van der Waals surface area contributed by atoms with Crippen molar-refractivity contribution in [1.82, 2.24) is 9.97 Å². The first-order valence-electron chi connectivity index (χ1n) is 2.84. The van der Waals surface area contributed by atoms with Crippen molar-refractivity contribution >= 4 is 0 Å². The Morgan fingerprint density at radius 1 is 1.62 bits per heavy atom. The third kappa shape index (κ3) is 5.21. The van der Waals surface area contributed by atoms with E-state index < -0.39 is 0 Å². The van der Waals surface area contributed by atoms with Crippen molar-refractivity contribution in [1.29, 1.82) is 0 Å². The summed E-state index contributed by atoms with van der Waals surface area (Å²) in [7, 11) is 0. The smallest absolute Gasteiger partial charge is 0.0919 e. The molecule has 0 spiro atoms. The summed E-state index contributed by atoms with van der Waals surface area (Å²) >= 11 is 0. The average molecular weight is 114 g/mol. The molecular formula is C6H14N2. The summed E-state index contributed by atoms with van der Waals surface area (Å²) in [6.07, 6.45) is 6.33. The number of H-pyrrole nitrogens is 1. The molecule has 0 unspecified atom stereocenters. The van der Waals surface area contributed by atoms with E-state index in [0.29, 0.717) is 0 Å². The third-order valence-corrected chi connectivity index (χ3v) is 0.406. The first-order chi connectivity index (χ1) is 3.91. The number of hydrogen-bond donors (Lipinski definition) is 1. The number of nitrogens with one attached hydrogen (secondary N) is 1. The molecule has 1 N–H and O–H groups in total. The molecule has 0 amide bonds. The van der Waals surface area contributed by atoms with Gasteiger partial charge in [-0.2, -0.15) is 0 Å². The molecule has 1 aromatic heterocycles. The molecule has 8 heavy (non-hydrogen) atoms. The number of hydrogen-bond acceptors (Lipinski definition) is 1. The van der Waals surface area contributed by atoms with E-state index in [1.165, 1.54) is 6.42 Å². The lowest BCUT2D eigenvalue weighted by Gasteiger charge is -1.48. The fraction of sp³-hybridized carbons (Fsp3) is 0.500. The molecule has 48 valence electrons. The predicted molar refractivity (Wildman–Crippen MR) is 36.7 cm³/mol. The van der Waals surface area contributed by atoms with Crippen LogP contribution < -0.4 is 0 Å². The minimum atomic E-state index is 0. The molecule has 1 rings (SSSR count). The summed E-state index contributed by atoms with van der Waals surface area (Å²) in [5, 5.41) is 0. The van der Waals surface area contributed by atoms with Gasteiger partial charge in [-0.15, -0.1) is 0 Å². The van der Waals surface area contributed by atoms with Gasteiger partial charge in [0.25, 0.3) is 0 Å². The third-order valence-electron chi connectivity index (χ3n) is 0.406. The zero-order valence-electron chi connectivity index (χ0n) is 5.39. The van der Waals surface area contributed by atoms with Gasteiger partial charge < -0.3 is 4.98 Å². The molecule has 2 heteroatoms. The van der Waals surface area contributed by atoms with Gasteiger partial charge in [-0.1, -0.05) is 20.3 Å². The number of aromatic amines is 1. The van der Waals surface area contributed by atoms with Crippen molar-refractivity contribution in [3.63, 3.8) is 0 Å². The summed E-state index contributed by atoms with van der Waals surface area (Å²) in [5.74, 6) is 0. The molecule has 0 bridgehead atoms. The maximum atomic E-state index is 3.67. The van der Waals surface area contributed by atoms with Crippen molar-refractivity contribution in [3.8, 4) is 0 Å². The van der Waals surface area contributed by atoms with E-state index in [1.54, 1.807) is 18.7 Å². The molecule has 0 atom stereocenters. The molecular weight excluding hydrogens is 100 g/mol. The first-order valence-corrected chi connectivity index (χ1v) is 2.84. The lowest BCUT2D eigenvalue weighted by molar-refractivity contribution is 1.09. The van der Waals surface area contributed by atoms with Gasteiger partial charge >= 0.3 is 0 Å². The van der Waals surface area contributed by atoms with Crippen LogP contribution in [0.1, 0.15) is 21.7 Å². The highest BCUT2D eigenvalue weighted by molar-refractivity contribution is 4.64. The van der Waals surface area contributed by atoms with Crippen LogP contribution in [-0.4, -0.2) is 9.97 Å². The van der Waals surface area contributed by atoms with Crippen molar-refractivity contribution in [2.45, 2.75) is 20.3 Å². The van der Waals surface area contributed by atoms with Gasteiger partial charge in [0.05, 0.1) is 6.33 Å². The topological polar surface area (TPSA) is 28.7 Å². The molecule has 0 saturated carbocycles. The Kier molecular flexibility index (Phi) is 5.60. The van der Waals surface area contributed by atoms with E-state index >= 15 is 0 Å². The molecule has 0 aliphatic carbocycles. The molecule has 0 radical (unpaired) electrons. The van der Waals surface area contributed by atoms with Crippen molar-refractivity contribution in [3.05, 3.63) is 18.7 Å². The van der Waals surface area contributed by atoms with Gasteiger partial charge in [0, 0.05) is 13.8 Å². The number of nitrogens with zero attached hydrogens (tertiary/aromatic N) is 1. The molecule has 0 aromatic carbocycles. The summed E-state index contributed by atoms with van der Waals surface area (Å²) < 4.78 is 0. The SMILES string of the molecule is CCC.[HH].c1c[nH]cn1. The van der Waals surface area contributed by atoms with Crippen LogP contribution in [0.2, 0.25) is 0 Å². The van der Waals surface area contributed by atoms with E-state index in [1.807, 2.05) is 0 Å². The molecule has 0 aliphatic heterocycles. The monoisotopic (exact) mass is 114 g/mol. The maximum Gasteiger partial charge on any atom is 0.0919 e. The second kappa shape index (κ2) is 6.21. The first kappa shape index (κ1) is 7.21. The number of rotatable bonds is 0. The van der Waals surface area contributed by atoms with Crippen LogP contribution in [0, 0.1) is 0 Å². The van der Waals surface area contributed by atoms with E-state index in [0.717, 1.165) is 0 Å². The summed E-state index contributed by atoms with van der Waals surface area (Å²) in [6.45, 7) is 4.25. The number of imidazole rings is 1. The predicted octanol–water partition coefficient (Wildman–Crippen LogP) is 2.07. The second-order valence-electron chi connectivity index (χ2n) is 1.47. The van der Waals surface area contributed by atoms with Crippen molar-refractivity contribution < 1.29 is 1.43 Å². The standard InChI is InChI=1S/C3H4N2.C3H8.H2/c1-2-5-3-4-1;1-3-2;/h1-3H,(H,4,5);3H2,1-2H3;1H. The van der Waals surface area contributed by atoms with Gasteiger partial charge in [0.1, 0.15) is 0 Å². The normalized spacial score (nSPS) is 7.25. The Labute approximate surface area is 51.4 Å². The van der Waals surface area contributed by atoms with Gasteiger partial charge in [-0.05, 0) is 0 Å². The molecule has 2 nitrogen and oxygen atoms in total. The van der Waals surface area contributed by atoms with Crippen LogP contribution in [-0.2, 0) is 0 Å². The van der Waals surface area contributed by atoms with Gasteiger partial charge in [-0.25, -0.2) is 4.98 Å². The molecule has 0 saturated heterocycles. The minimum Gasteiger partial charge on any atom is -0.351 e. The fourth-order valence-corrected chi connectivity index (χ4v) is 0.215. The van der Waals surface area contributed by atoms with Crippen LogP contribution >= 0.6 is 0 Å². The van der Waals surface area contributed by atoms with Crippen LogP contribution in [0.4, 0.5) is 0 Å². The largest absolute Gasteiger partial charge is 0.351 e. The Hall–Kier alpha value is -0.790.